The molecule has 0 aromatic carbocycles. The molecule has 4 nitrogen and oxygen atoms in total. The van der Waals surface area contributed by atoms with Crippen molar-refractivity contribution in [2.45, 2.75) is 34.1 Å². The largest absolute Gasteiger partial charge is 0.460 e. The lowest BCUT2D eigenvalue weighted by Crippen LogP contribution is -2.08. The van der Waals surface area contributed by atoms with Crippen LogP contribution >= 0.6 is 22.9 Å². The molecule has 0 saturated heterocycles. The maximum absolute atomic E-state index is 12.0. The molecule has 0 aliphatic heterocycles. The highest BCUT2D eigenvalue weighted by Gasteiger charge is 2.24. The Balaban J connectivity index is 2.44. The predicted molar refractivity (Wildman–Crippen MR) is 84.1 cm³/mol. The van der Waals surface area contributed by atoms with Gasteiger partial charge in [0.2, 0.25) is 11.7 Å². The maximum Gasteiger partial charge on any atom is 0.376 e. The molecular formula is C15H18ClNO3S. The summed E-state index contributed by atoms with van der Waals surface area (Å²) in [6.07, 6.45) is 0.652. The summed E-state index contributed by atoms with van der Waals surface area (Å²) in [5.74, 6) is 0.451. The molecule has 0 amide bonds. The van der Waals surface area contributed by atoms with Crippen LogP contribution in [0.2, 0.25) is 5.02 Å². The number of hydrogen-bond acceptors (Lipinski definition) is 5. The molecule has 0 saturated carbocycles. The Hall–Kier alpha value is -1.33. The molecule has 0 fully saturated rings. The summed E-state index contributed by atoms with van der Waals surface area (Å²) in [6.45, 7) is 8.11. The van der Waals surface area contributed by atoms with Crippen LogP contribution in [0.4, 0.5) is 0 Å². The Morgan fingerprint density at radius 2 is 2.24 bits per heavy atom. The molecule has 0 spiro atoms. The molecule has 0 bridgehead atoms. The number of ether oxygens (including phenoxy) is 1. The van der Waals surface area contributed by atoms with Gasteiger partial charge in [0, 0.05) is 0 Å². The molecular weight excluding hydrogens is 310 g/mol. The van der Waals surface area contributed by atoms with E-state index in [0.29, 0.717) is 35.6 Å². The van der Waals surface area contributed by atoms with Crippen LogP contribution in [0.3, 0.4) is 0 Å². The summed E-state index contributed by atoms with van der Waals surface area (Å²) in [5, 5.41) is 2.56. The fourth-order valence-corrected chi connectivity index (χ4v) is 3.10. The number of carbonyl (C=O) groups is 1. The quantitative estimate of drug-likeness (QED) is 0.744. The van der Waals surface area contributed by atoms with E-state index in [2.05, 4.69) is 18.8 Å². The molecule has 2 aromatic heterocycles. The van der Waals surface area contributed by atoms with E-state index < -0.39 is 5.97 Å². The van der Waals surface area contributed by atoms with Gasteiger partial charge < -0.3 is 9.15 Å². The number of rotatable bonds is 5. The molecule has 2 rings (SSSR count). The minimum atomic E-state index is -0.476. The summed E-state index contributed by atoms with van der Waals surface area (Å²) in [4.78, 5) is 17.2. The molecule has 0 N–H and O–H groups in total. The van der Waals surface area contributed by atoms with E-state index >= 15 is 0 Å². The van der Waals surface area contributed by atoms with Gasteiger partial charge in [-0.25, -0.2) is 9.78 Å². The number of aromatic nitrogens is 1. The van der Waals surface area contributed by atoms with Crippen LogP contribution in [0, 0.1) is 12.8 Å². The smallest absolute Gasteiger partial charge is 0.376 e. The number of esters is 1. The van der Waals surface area contributed by atoms with Crippen molar-refractivity contribution in [3.8, 4) is 10.8 Å². The van der Waals surface area contributed by atoms with E-state index in [4.69, 9.17) is 20.8 Å². The summed E-state index contributed by atoms with van der Waals surface area (Å²) in [5.41, 5.74) is 1.60. The van der Waals surface area contributed by atoms with E-state index in [0.717, 1.165) is 10.4 Å². The van der Waals surface area contributed by atoms with Crippen LogP contribution in [-0.2, 0) is 11.2 Å². The van der Waals surface area contributed by atoms with Gasteiger partial charge in [-0.3, -0.25) is 0 Å². The van der Waals surface area contributed by atoms with Crippen LogP contribution in [0.1, 0.15) is 42.6 Å². The number of hydrogen-bond donors (Lipinski definition) is 0. The molecule has 0 aliphatic rings. The van der Waals surface area contributed by atoms with Crippen molar-refractivity contribution in [2.75, 3.05) is 6.61 Å². The Labute approximate surface area is 133 Å². The van der Waals surface area contributed by atoms with E-state index in [9.17, 15) is 4.79 Å². The third kappa shape index (κ3) is 3.47. The SMILES string of the molecule is CCOC(=O)c1oc(-c2scc(C)c2Cl)nc1CC(C)C. The minimum Gasteiger partial charge on any atom is -0.460 e. The predicted octanol–water partition coefficient (Wildman–Crippen LogP) is 4.74. The first-order chi connectivity index (χ1) is 9.93. The van der Waals surface area contributed by atoms with Crippen molar-refractivity contribution in [2.24, 2.45) is 5.92 Å². The Kier molecular flexibility index (Phi) is 5.06. The van der Waals surface area contributed by atoms with E-state index in [1.807, 2.05) is 12.3 Å². The lowest BCUT2D eigenvalue weighted by atomic mass is 10.1. The summed E-state index contributed by atoms with van der Waals surface area (Å²) >= 11 is 7.70. The molecule has 0 aliphatic carbocycles. The van der Waals surface area contributed by atoms with Crippen LogP contribution in [0.25, 0.3) is 10.8 Å². The summed E-state index contributed by atoms with van der Waals surface area (Å²) in [7, 11) is 0. The third-order valence-electron chi connectivity index (χ3n) is 2.85. The second kappa shape index (κ2) is 6.62. The molecule has 6 heteroatoms. The van der Waals surface area contributed by atoms with Gasteiger partial charge >= 0.3 is 5.97 Å². The van der Waals surface area contributed by atoms with Crippen LogP contribution in [0.5, 0.6) is 0 Å². The first-order valence-corrected chi connectivity index (χ1v) is 8.10. The van der Waals surface area contributed by atoms with Crippen molar-refractivity contribution in [3.63, 3.8) is 0 Å². The van der Waals surface area contributed by atoms with Gasteiger partial charge in [0.05, 0.1) is 17.3 Å². The molecule has 21 heavy (non-hydrogen) atoms. The highest BCUT2D eigenvalue weighted by atomic mass is 35.5. The normalized spacial score (nSPS) is 11.1. The monoisotopic (exact) mass is 327 g/mol. The van der Waals surface area contributed by atoms with E-state index in [1.165, 1.54) is 11.3 Å². The second-order valence-electron chi connectivity index (χ2n) is 5.18. The fraction of sp³-hybridized carbons (Fsp3) is 0.467. The molecule has 114 valence electrons. The van der Waals surface area contributed by atoms with Crippen molar-refractivity contribution >= 4 is 28.9 Å². The number of oxazole rings is 1. The average molecular weight is 328 g/mol. The lowest BCUT2D eigenvalue weighted by Gasteiger charge is -2.02. The minimum absolute atomic E-state index is 0.183. The lowest BCUT2D eigenvalue weighted by molar-refractivity contribution is 0.0489. The highest BCUT2D eigenvalue weighted by Crippen LogP contribution is 2.37. The number of aryl methyl sites for hydroxylation is 1. The van der Waals surface area contributed by atoms with Crippen LogP contribution in [-0.4, -0.2) is 17.6 Å². The van der Waals surface area contributed by atoms with Gasteiger partial charge in [0.1, 0.15) is 4.88 Å². The average Bonchev–Trinajstić information content (AvgIpc) is 2.95. The van der Waals surface area contributed by atoms with Gasteiger partial charge in [0.15, 0.2) is 0 Å². The molecule has 2 heterocycles. The molecule has 2 aromatic rings. The van der Waals surface area contributed by atoms with E-state index in [1.54, 1.807) is 6.92 Å². The second-order valence-corrected chi connectivity index (χ2v) is 6.43. The third-order valence-corrected chi connectivity index (χ3v) is 4.54. The zero-order chi connectivity index (χ0) is 15.6. The first-order valence-electron chi connectivity index (χ1n) is 6.84. The summed E-state index contributed by atoms with van der Waals surface area (Å²) in [6, 6.07) is 0. The van der Waals surface area contributed by atoms with Gasteiger partial charge in [-0.2, -0.15) is 0 Å². The van der Waals surface area contributed by atoms with E-state index in [-0.39, 0.29) is 5.76 Å². The topological polar surface area (TPSA) is 52.3 Å². The zero-order valence-corrected chi connectivity index (χ0v) is 14.1. The van der Waals surface area contributed by atoms with Crippen LogP contribution in [0.15, 0.2) is 9.80 Å². The van der Waals surface area contributed by atoms with Crippen molar-refractivity contribution < 1.29 is 13.9 Å². The number of nitrogens with zero attached hydrogens (tertiary/aromatic N) is 1. The standard InChI is InChI=1S/C15H18ClNO3S/c1-5-19-15(18)12-10(6-8(2)3)17-14(20-12)13-11(16)9(4)7-21-13/h7-8H,5-6H2,1-4H3. The molecule has 0 unspecified atom stereocenters. The van der Waals surface area contributed by atoms with Crippen molar-refractivity contribution in [1.29, 1.82) is 0 Å². The van der Waals surface area contributed by atoms with Crippen molar-refractivity contribution in [1.82, 2.24) is 4.98 Å². The number of halogens is 1. The van der Waals surface area contributed by atoms with Gasteiger partial charge in [-0.15, -0.1) is 11.3 Å². The number of thiophene rings is 1. The Bertz CT molecular complexity index is 645. The maximum atomic E-state index is 12.0. The van der Waals surface area contributed by atoms with Gasteiger partial charge in [-0.1, -0.05) is 25.4 Å². The number of carbonyl (C=O) groups excluding carboxylic acids is 1. The van der Waals surface area contributed by atoms with Gasteiger partial charge in [-0.05, 0) is 37.1 Å². The highest BCUT2D eigenvalue weighted by molar-refractivity contribution is 7.14. The van der Waals surface area contributed by atoms with Crippen LogP contribution < -0.4 is 0 Å². The summed E-state index contributed by atoms with van der Waals surface area (Å²) < 4.78 is 10.7. The Morgan fingerprint density at radius 3 is 2.76 bits per heavy atom. The first kappa shape index (κ1) is 16.0. The Morgan fingerprint density at radius 1 is 1.52 bits per heavy atom. The molecule has 0 radical (unpaired) electrons. The molecule has 0 atom stereocenters. The van der Waals surface area contributed by atoms with Gasteiger partial charge in [0.25, 0.3) is 0 Å². The zero-order valence-electron chi connectivity index (χ0n) is 12.5. The van der Waals surface area contributed by atoms with Crippen molar-refractivity contribution in [3.05, 3.63) is 27.4 Å². The fourth-order valence-electron chi connectivity index (χ4n) is 1.90.